The molecule has 0 saturated carbocycles. The molecular weight excluding hydrogens is 406 g/mol. The quantitative estimate of drug-likeness (QED) is 0.667. The second-order valence-corrected chi connectivity index (χ2v) is 8.62. The van der Waals surface area contributed by atoms with Crippen LogP contribution in [-0.4, -0.2) is 25.8 Å². The first-order valence-corrected chi connectivity index (χ1v) is 9.72. The van der Waals surface area contributed by atoms with Gasteiger partial charge in [0.15, 0.2) is 0 Å². The molecule has 114 valence electrons. The molecule has 3 nitrogen and oxygen atoms in total. The molecule has 6 heteroatoms. The first kappa shape index (κ1) is 18.1. The Morgan fingerprint density at radius 2 is 1.80 bits per heavy atom. The molecule has 1 aromatic rings. The van der Waals surface area contributed by atoms with Gasteiger partial charge < -0.3 is 0 Å². The van der Waals surface area contributed by atoms with E-state index in [1.54, 1.807) is 10.4 Å². The van der Waals surface area contributed by atoms with Crippen molar-refractivity contribution < 1.29 is 8.42 Å². The van der Waals surface area contributed by atoms with Gasteiger partial charge in [0.1, 0.15) is 0 Å². The molecule has 0 aliphatic rings. The van der Waals surface area contributed by atoms with E-state index < -0.39 is 10.0 Å². The fraction of sp³-hybridized carbons (Fsp3) is 0.571. The predicted molar refractivity (Wildman–Crippen MR) is 90.5 cm³/mol. The van der Waals surface area contributed by atoms with Gasteiger partial charge in [-0.1, -0.05) is 43.1 Å². The maximum absolute atomic E-state index is 12.8. The zero-order valence-corrected chi connectivity index (χ0v) is 16.3. The highest BCUT2D eigenvalue weighted by atomic mass is 79.9. The van der Waals surface area contributed by atoms with Crippen molar-refractivity contribution in [3.63, 3.8) is 0 Å². The van der Waals surface area contributed by atoms with Gasteiger partial charge in [-0.25, -0.2) is 8.42 Å². The maximum atomic E-state index is 12.8. The number of nitrogens with zero attached hydrogens (tertiary/aromatic N) is 1. The first-order valence-electron chi connectivity index (χ1n) is 6.69. The minimum atomic E-state index is -3.47. The van der Waals surface area contributed by atoms with Crippen LogP contribution in [0.5, 0.6) is 0 Å². The molecule has 0 fully saturated rings. The molecule has 20 heavy (non-hydrogen) atoms. The zero-order valence-electron chi connectivity index (χ0n) is 12.3. The Hall–Kier alpha value is 0.0900. The van der Waals surface area contributed by atoms with Crippen LogP contribution < -0.4 is 0 Å². The maximum Gasteiger partial charge on any atom is 0.244 e. The minimum absolute atomic E-state index is 0.320. The average Bonchev–Trinajstić information content (AvgIpc) is 2.39. The van der Waals surface area contributed by atoms with E-state index in [4.69, 9.17) is 0 Å². The van der Waals surface area contributed by atoms with E-state index in [1.807, 2.05) is 19.9 Å². The van der Waals surface area contributed by atoms with Gasteiger partial charge in [-0.3, -0.25) is 0 Å². The summed E-state index contributed by atoms with van der Waals surface area (Å²) in [4.78, 5) is 0.320. The van der Waals surface area contributed by atoms with E-state index in [-0.39, 0.29) is 0 Å². The molecule has 0 saturated heterocycles. The number of hydrogen-bond acceptors (Lipinski definition) is 2. The van der Waals surface area contributed by atoms with E-state index in [0.29, 0.717) is 28.4 Å². The van der Waals surface area contributed by atoms with Crippen molar-refractivity contribution in [2.24, 2.45) is 5.92 Å². The smallest absolute Gasteiger partial charge is 0.207 e. The highest BCUT2D eigenvalue weighted by molar-refractivity contribution is 9.11. The van der Waals surface area contributed by atoms with Crippen molar-refractivity contribution in [3.8, 4) is 0 Å². The highest BCUT2D eigenvalue weighted by Crippen LogP contribution is 2.31. The average molecular weight is 427 g/mol. The molecule has 0 N–H and O–H groups in total. The van der Waals surface area contributed by atoms with Crippen molar-refractivity contribution in [2.75, 3.05) is 13.1 Å². The predicted octanol–water partition coefficient (Wildman–Crippen LogP) is 4.58. The van der Waals surface area contributed by atoms with Gasteiger partial charge in [-0.15, -0.1) is 0 Å². The third-order valence-electron chi connectivity index (χ3n) is 3.40. The summed E-state index contributed by atoms with van der Waals surface area (Å²) in [6, 6.07) is 3.50. The minimum Gasteiger partial charge on any atom is -0.207 e. The highest BCUT2D eigenvalue weighted by Gasteiger charge is 2.27. The number of hydrogen-bond donors (Lipinski definition) is 0. The van der Waals surface area contributed by atoms with Crippen molar-refractivity contribution in [1.82, 2.24) is 4.31 Å². The molecule has 0 aliphatic carbocycles. The summed E-state index contributed by atoms with van der Waals surface area (Å²) in [6.45, 7) is 8.97. The second kappa shape index (κ2) is 7.38. The lowest BCUT2D eigenvalue weighted by Crippen LogP contribution is -2.34. The second-order valence-electron chi connectivity index (χ2n) is 5.00. The standard InChI is InChI=1S/C14H21Br2NO2S/c1-5-10(3)9-17(6-2)20(18,19)14-8-12(15)11(4)7-13(14)16/h7-8,10H,5-6,9H2,1-4H3. The number of rotatable bonds is 6. The van der Waals surface area contributed by atoms with E-state index >= 15 is 0 Å². The Morgan fingerprint density at radius 3 is 2.30 bits per heavy atom. The SMILES string of the molecule is CCC(C)CN(CC)S(=O)(=O)c1cc(Br)c(C)cc1Br. The van der Waals surface area contributed by atoms with Crippen LogP contribution in [-0.2, 0) is 10.0 Å². The molecule has 1 unspecified atom stereocenters. The van der Waals surface area contributed by atoms with E-state index in [9.17, 15) is 8.42 Å². The van der Waals surface area contributed by atoms with Gasteiger partial charge in [0, 0.05) is 22.0 Å². The van der Waals surface area contributed by atoms with Crippen molar-refractivity contribution in [2.45, 2.75) is 39.0 Å². The Kier molecular flexibility index (Phi) is 6.70. The van der Waals surface area contributed by atoms with Gasteiger partial charge in [0.25, 0.3) is 0 Å². The molecule has 1 aromatic carbocycles. The molecule has 1 atom stereocenters. The summed E-state index contributed by atoms with van der Waals surface area (Å²) in [6.07, 6.45) is 0.963. The number of aryl methyl sites for hydroxylation is 1. The van der Waals surface area contributed by atoms with Crippen LogP contribution in [0.3, 0.4) is 0 Å². The monoisotopic (exact) mass is 425 g/mol. The van der Waals surface area contributed by atoms with Gasteiger partial charge in [-0.05, 0) is 46.5 Å². The van der Waals surface area contributed by atoms with Crippen LogP contribution in [0, 0.1) is 12.8 Å². The summed E-state index contributed by atoms with van der Waals surface area (Å²) >= 11 is 6.78. The van der Waals surface area contributed by atoms with Crippen LogP contribution >= 0.6 is 31.9 Å². The number of halogens is 2. The summed E-state index contributed by atoms with van der Waals surface area (Å²) in [7, 11) is -3.47. The molecule has 0 aromatic heterocycles. The Morgan fingerprint density at radius 1 is 1.20 bits per heavy atom. The van der Waals surface area contributed by atoms with Crippen LogP contribution in [0.4, 0.5) is 0 Å². The summed E-state index contributed by atoms with van der Waals surface area (Å²) in [5.74, 6) is 0.345. The Bertz CT molecular complexity index is 573. The van der Waals surface area contributed by atoms with E-state index in [2.05, 4.69) is 45.7 Å². The zero-order chi connectivity index (χ0) is 15.5. The molecule has 0 heterocycles. The summed E-state index contributed by atoms with van der Waals surface area (Å²) < 4.78 is 28.5. The van der Waals surface area contributed by atoms with Gasteiger partial charge >= 0.3 is 0 Å². The molecule has 0 radical (unpaired) electrons. The third kappa shape index (κ3) is 4.06. The van der Waals surface area contributed by atoms with Gasteiger partial charge in [0.05, 0.1) is 4.90 Å². The van der Waals surface area contributed by atoms with E-state index in [1.165, 1.54) is 0 Å². The van der Waals surface area contributed by atoms with Crippen LogP contribution in [0.2, 0.25) is 0 Å². The lowest BCUT2D eigenvalue weighted by Gasteiger charge is -2.24. The first-order chi connectivity index (χ1) is 9.23. The molecule has 1 rings (SSSR count). The lowest BCUT2D eigenvalue weighted by molar-refractivity contribution is 0.361. The van der Waals surface area contributed by atoms with Crippen LogP contribution in [0.1, 0.15) is 32.8 Å². The molecule has 0 spiro atoms. The fourth-order valence-corrected chi connectivity index (χ4v) is 5.05. The topological polar surface area (TPSA) is 37.4 Å². The van der Waals surface area contributed by atoms with Crippen molar-refractivity contribution in [3.05, 3.63) is 26.6 Å². The summed E-state index contributed by atoms with van der Waals surface area (Å²) in [5.41, 5.74) is 1.00. The number of sulfonamides is 1. The van der Waals surface area contributed by atoms with Gasteiger partial charge in [-0.2, -0.15) is 4.31 Å². The Balaban J connectivity index is 3.24. The van der Waals surface area contributed by atoms with Crippen LogP contribution in [0.25, 0.3) is 0 Å². The van der Waals surface area contributed by atoms with Crippen LogP contribution in [0.15, 0.2) is 26.0 Å². The summed E-state index contributed by atoms with van der Waals surface area (Å²) in [5, 5.41) is 0. The largest absolute Gasteiger partial charge is 0.244 e. The van der Waals surface area contributed by atoms with Crippen molar-refractivity contribution in [1.29, 1.82) is 0 Å². The third-order valence-corrected chi connectivity index (χ3v) is 7.15. The molecule has 0 aliphatic heterocycles. The molecule has 0 bridgehead atoms. The van der Waals surface area contributed by atoms with Gasteiger partial charge in [0.2, 0.25) is 10.0 Å². The van der Waals surface area contributed by atoms with Crippen molar-refractivity contribution >= 4 is 41.9 Å². The lowest BCUT2D eigenvalue weighted by atomic mass is 10.1. The number of benzene rings is 1. The Labute approximate surface area is 139 Å². The fourth-order valence-electron chi connectivity index (χ4n) is 1.84. The normalized spacial score (nSPS) is 13.8. The molecule has 0 amide bonds. The molecular formula is C14H21Br2NO2S. The van der Waals surface area contributed by atoms with E-state index in [0.717, 1.165) is 16.5 Å².